The molecule has 2 saturated carbocycles. The fraction of sp³-hybridized carbons (Fsp3) is 0.800. The van der Waals surface area contributed by atoms with Crippen LogP contribution in [-0.2, 0) is 4.79 Å². The van der Waals surface area contributed by atoms with Gasteiger partial charge in [-0.05, 0) is 31.1 Å². The molecule has 0 aromatic carbocycles. The Balaban J connectivity index is 1.63. The van der Waals surface area contributed by atoms with E-state index in [2.05, 4.69) is 10.3 Å². The van der Waals surface area contributed by atoms with Gasteiger partial charge in [-0.25, -0.2) is 0 Å². The van der Waals surface area contributed by atoms with Crippen LogP contribution in [0.2, 0.25) is 0 Å². The summed E-state index contributed by atoms with van der Waals surface area (Å²) in [7, 11) is 0. The maximum Gasteiger partial charge on any atom is 0.258 e. The Hall–Kier alpha value is -0.510. The lowest BCUT2D eigenvalue weighted by Gasteiger charge is -2.23. The number of nitrogens with one attached hydrogen (secondary N) is 1. The average Bonchev–Trinajstić information content (AvgIpc) is 2.82. The van der Waals surface area contributed by atoms with Crippen LogP contribution in [0.3, 0.4) is 0 Å². The molecule has 3 atom stereocenters. The zero-order chi connectivity index (χ0) is 9.54. The number of amides is 1. The molecule has 0 radical (unpaired) electrons. The summed E-state index contributed by atoms with van der Waals surface area (Å²) in [6, 6.07) is 0.603. The molecule has 4 heteroatoms. The molecule has 3 aliphatic rings. The summed E-state index contributed by atoms with van der Waals surface area (Å²) < 4.78 is 0. The van der Waals surface area contributed by atoms with Crippen LogP contribution >= 0.6 is 11.8 Å². The molecule has 0 aromatic heterocycles. The highest BCUT2D eigenvalue weighted by Gasteiger charge is 2.40. The van der Waals surface area contributed by atoms with Crippen LogP contribution in [0.4, 0.5) is 0 Å². The maximum absolute atomic E-state index is 10.9. The van der Waals surface area contributed by atoms with E-state index in [9.17, 15) is 4.79 Å². The number of amidine groups is 1. The van der Waals surface area contributed by atoms with Gasteiger partial charge in [0.05, 0.1) is 5.75 Å². The Morgan fingerprint density at radius 2 is 2.29 bits per heavy atom. The second-order valence-electron chi connectivity index (χ2n) is 4.53. The monoisotopic (exact) mass is 210 g/mol. The van der Waals surface area contributed by atoms with Crippen molar-refractivity contribution in [3.63, 3.8) is 0 Å². The van der Waals surface area contributed by atoms with Crippen LogP contribution in [0.5, 0.6) is 0 Å². The summed E-state index contributed by atoms with van der Waals surface area (Å²) >= 11 is 1.55. The molecule has 1 aliphatic heterocycles. The van der Waals surface area contributed by atoms with Crippen molar-refractivity contribution in [1.82, 2.24) is 5.32 Å². The number of thioether (sulfide) groups is 1. The highest BCUT2D eigenvalue weighted by molar-refractivity contribution is 8.14. The molecule has 0 spiro atoms. The topological polar surface area (TPSA) is 41.5 Å². The van der Waals surface area contributed by atoms with E-state index in [4.69, 9.17) is 0 Å². The van der Waals surface area contributed by atoms with Crippen LogP contribution < -0.4 is 5.32 Å². The van der Waals surface area contributed by atoms with Crippen LogP contribution in [0, 0.1) is 11.8 Å². The number of carbonyl (C=O) groups is 1. The van der Waals surface area contributed by atoms with E-state index in [-0.39, 0.29) is 5.91 Å². The first kappa shape index (κ1) is 8.77. The van der Waals surface area contributed by atoms with E-state index in [0.29, 0.717) is 11.8 Å². The van der Waals surface area contributed by atoms with Crippen LogP contribution in [-0.4, -0.2) is 22.9 Å². The molecule has 2 aliphatic carbocycles. The number of fused-ring (bicyclic) bond motifs is 2. The number of hydrogen-bond acceptors (Lipinski definition) is 3. The third-order valence-corrected chi connectivity index (χ3v) is 4.48. The highest BCUT2D eigenvalue weighted by Crippen LogP contribution is 2.44. The Labute approximate surface area is 87.7 Å². The summed E-state index contributed by atoms with van der Waals surface area (Å²) in [5, 5.41) is 4.30. The van der Waals surface area contributed by atoms with Crippen molar-refractivity contribution in [2.45, 2.75) is 31.7 Å². The van der Waals surface area contributed by atoms with Crippen molar-refractivity contribution < 1.29 is 4.79 Å². The van der Waals surface area contributed by atoms with E-state index in [1.807, 2.05) is 0 Å². The van der Waals surface area contributed by atoms with Crippen molar-refractivity contribution in [3.8, 4) is 0 Å². The third-order valence-electron chi connectivity index (χ3n) is 3.61. The lowest BCUT2D eigenvalue weighted by Crippen LogP contribution is -2.36. The highest BCUT2D eigenvalue weighted by atomic mass is 32.2. The Morgan fingerprint density at radius 1 is 1.36 bits per heavy atom. The standard InChI is InChI=1S/C10H14N2OS/c13-9-5-14-10(12-9)11-8-4-6-1-2-7(8)3-6/h6-8H,1-5H2,(H,11,12,13)/t6-,7-,8-/m0/s1. The fourth-order valence-corrected chi connectivity index (χ4v) is 3.69. The Morgan fingerprint density at radius 3 is 2.86 bits per heavy atom. The predicted molar refractivity (Wildman–Crippen MR) is 57.3 cm³/mol. The van der Waals surface area contributed by atoms with Gasteiger partial charge in [-0.15, -0.1) is 0 Å². The number of rotatable bonds is 1. The summed E-state index contributed by atoms with van der Waals surface area (Å²) in [4.78, 5) is 14.9. The van der Waals surface area contributed by atoms with Gasteiger partial charge in [0.1, 0.15) is 0 Å². The fourth-order valence-electron chi connectivity index (χ4n) is 2.96. The first-order valence-electron chi connectivity index (χ1n) is 5.32. The normalized spacial score (nSPS) is 40.4. The van der Waals surface area contributed by atoms with Gasteiger partial charge in [-0.1, -0.05) is 18.2 Å². The maximum atomic E-state index is 10.9. The molecule has 76 valence electrons. The minimum absolute atomic E-state index is 0.0145. The largest absolute Gasteiger partial charge is 0.361 e. The summed E-state index contributed by atoms with van der Waals surface area (Å²) in [5.74, 6) is 2.34. The SMILES string of the molecule is O=C1CSC(N[C@H]2C[C@H]3CC[C@H]2C3)=N1. The van der Waals surface area contributed by atoms with Crippen LogP contribution in [0.15, 0.2) is 4.99 Å². The van der Waals surface area contributed by atoms with E-state index < -0.39 is 0 Å². The predicted octanol–water partition coefficient (Wildman–Crippen LogP) is 1.39. The van der Waals surface area contributed by atoms with Gasteiger partial charge in [0, 0.05) is 6.04 Å². The molecule has 14 heavy (non-hydrogen) atoms. The molecule has 0 saturated heterocycles. The van der Waals surface area contributed by atoms with E-state index in [1.165, 1.54) is 25.7 Å². The average molecular weight is 210 g/mol. The Kier molecular flexibility index (Phi) is 2.04. The molecular formula is C10H14N2OS. The molecular weight excluding hydrogens is 196 g/mol. The smallest absolute Gasteiger partial charge is 0.258 e. The van der Waals surface area contributed by atoms with Gasteiger partial charge >= 0.3 is 0 Å². The molecule has 2 bridgehead atoms. The second kappa shape index (κ2) is 3.26. The molecule has 0 aromatic rings. The minimum Gasteiger partial charge on any atom is -0.361 e. The molecule has 3 rings (SSSR count). The van der Waals surface area contributed by atoms with Crippen molar-refractivity contribution >= 4 is 22.8 Å². The van der Waals surface area contributed by atoms with Crippen LogP contribution in [0.25, 0.3) is 0 Å². The molecule has 1 amide bonds. The Bertz CT molecular complexity index is 302. The second-order valence-corrected chi connectivity index (χ2v) is 5.49. The first-order valence-corrected chi connectivity index (χ1v) is 6.30. The number of hydrogen-bond donors (Lipinski definition) is 1. The molecule has 1 heterocycles. The number of aliphatic imine (C=N–C) groups is 1. The number of carbonyl (C=O) groups excluding carboxylic acids is 1. The van der Waals surface area contributed by atoms with Crippen molar-refractivity contribution in [2.24, 2.45) is 16.8 Å². The summed E-state index contributed by atoms with van der Waals surface area (Å²) in [6.45, 7) is 0. The zero-order valence-electron chi connectivity index (χ0n) is 8.03. The quantitative estimate of drug-likeness (QED) is 0.711. The van der Waals surface area contributed by atoms with Gasteiger partial charge in [0.15, 0.2) is 5.17 Å². The van der Waals surface area contributed by atoms with E-state index in [0.717, 1.165) is 17.0 Å². The van der Waals surface area contributed by atoms with Crippen molar-refractivity contribution in [3.05, 3.63) is 0 Å². The molecule has 3 nitrogen and oxygen atoms in total. The summed E-state index contributed by atoms with van der Waals surface area (Å²) in [5.41, 5.74) is 0. The zero-order valence-corrected chi connectivity index (χ0v) is 8.85. The van der Waals surface area contributed by atoms with Gasteiger partial charge < -0.3 is 5.32 Å². The van der Waals surface area contributed by atoms with Crippen LogP contribution in [0.1, 0.15) is 25.7 Å². The molecule has 2 fully saturated rings. The lowest BCUT2D eigenvalue weighted by molar-refractivity contribution is -0.115. The number of nitrogens with zero attached hydrogens (tertiary/aromatic N) is 1. The van der Waals surface area contributed by atoms with Gasteiger partial charge in [-0.3, -0.25) is 4.79 Å². The third kappa shape index (κ3) is 1.45. The van der Waals surface area contributed by atoms with E-state index >= 15 is 0 Å². The van der Waals surface area contributed by atoms with Crippen molar-refractivity contribution in [2.75, 3.05) is 5.75 Å². The van der Waals surface area contributed by atoms with Gasteiger partial charge in [0.25, 0.3) is 5.91 Å². The van der Waals surface area contributed by atoms with Crippen molar-refractivity contribution in [1.29, 1.82) is 0 Å². The van der Waals surface area contributed by atoms with Gasteiger partial charge in [-0.2, -0.15) is 4.99 Å². The minimum atomic E-state index is 0.0145. The van der Waals surface area contributed by atoms with Gasteiger partial charge in [0.2, 0.25) is 0 Å². The van der Waals surface area contributed by atoms with E-state index in [1.54, 1.807) is 11.8 Å². The molecule has 0 unspecified atom stereocenters. The molecule has 1 N–H and O–H groups in total. The summed E-state index contributed by atoms with van der Waals surface area (Å²) in [6.07, 6.45) is 5.47. The first-order chi connectivity index (χ1) is 6.81. The lowest BCUT2D eigenvalue weighted by atomic mass is 9.96.